The SMILES string of the molecule is CCCNC(CCC1CC1)C1CCCc2sccc21. The molecule has 2 heteroatoms. The summed E-state index contributed by atoms with van der Waals surface area (Å²) in [6.07, 6.45) is 11.2. The molecule has 0 aliphatic heterocycles. The summed E-state index contributed by atoms with van der Waals surface area (Å²) < 4.78 is 0. The van der Waals surface area contributed by atoms with E-state index in [0.29, 0.717) is 0 Å². The van der Waals surface area contributed by atoms with Gasteiger partial charge in [-0.3, -0.25) is 0 Å². The maximum atomic E-state index is 3.86. The zero-order valence-electron chi connectivity index (χ0n) is 12.2. The summed E-state index contributed by atoms with van der Waals surface area (Å²) in [5.41, 5.74) is 1.68. The molecular weight excluding hydrogens is 250 g/mol. The summed E-state index contributed by atoms with van der Waals surface area (Å²) in [6.45, 7) is 3.47. The highest BCUT2D eigenvalue weighted by Gasteiger charge is 2.30. The molecule has 19 heavy (non-hydrogen) atoms. The monoisotopic (exact) mass is 277 g/mol. The number of aryl methyl sites for hydroxylation is 1. The molecule has 1 nitrogen and oxygen atoms in total. The second-order valence-corrected chi connectivity index (χ2v) is 7.38. The predicted octanol–water partition coefficient (Wildman–Crippen LogP) is 4.73. The van der Waals surface area contributed by atoms with Gasteiger partial charge in [-0.2, -0.15) is 0 Å². The quantitative estimate of drug-likeness (QED) is 0.760. The molecule has 2 aliphatic rings. The Kier molecular flexibility index (Phi) is 4.60. The fourth-order valence-corrected chi connectivity index (χ4v) is 4.53. The predicted molar refractivity (Wildman–Crippen MR) is 84.0 cm³/mol. The summed E-state index contributed by atoms with van der Waals surface area (Å²) in [6, 6.07) is 3.14. The molecule has 2 atom stereocenters. The topological polar surface area (TPSA) is 12.0 Å². The Morgan fingerprint density at radius 2 is 2.26 bits per heavy atom. The van der Waals surface area contributed by atoms with Crippen molar-refractivity contribution < 1.29 is 0 Å². The van der Waals surface area contributed by atoms with Crippen LogP contribution >= 0.6 is 11.3 Å². The fraction of sp³-hybridized carbons (Fsp3) is 0.765. The minimum Gasteiger partial charge on any atom is -0.313 e. The van der Waals surface area contributed by atoms with E-state index in [1.165, 1.54) is 57.9 Å². The zero-order valence-corrected chi connectivity index (χ0v) is 13.0. The first-order valence-corrected chi connectivity index (χ1v) is 9.06. The van der Waals surface area contributed by atoms with Crippen LogP contribution in [0.25, 0.3) is 0 Å². The standard InChI is InChI=1S/C17H27NS/c1-2-11-18-16(9-8-13-6-7-13)14-4-3-5-17-15(14)10-12-19-17/h10,12-14,16,18H,2-9,11H2,1H3. The van der Waals surface area contributed by atoms with Crippen molar-refractivity contribution in [2.75, 3.05) is 6.54 Å². The van der Waals surface area contributed by atoms with Crippen LogP contribution in [-0.2, 0) is 6.42 Å². The summed E-state index contributed by atoms with van der Waals surface area (Å²) in [4.78, 5) is 1.67. The van der Waals surface area contributed by atoms with Gasteiger partial charge in [-0.15, -0.1) is 11.3 Å². The van der Waals surface area contributed by atoms with E-state index in [4.69, 9.17) is 0 Å². The van der Waals surface area contributed by atoms with Crippen LogP contribution < -0.4 is 5.32 Å². The van der Waals surface area contributed by atoms with Crippen molar-refractivity contribution in [2.24, 2.45) is 5.92 Å². The summed E-state index contributed by atoms with van der Waals surface area (Å²) in [5.74, 6) is 1.86. The van der Waals surface area contributed by atoms with E-state index in [2.05, 4.69) is 23.7 Å². The summed E-state index contributed by atoms with van der Waals surface area (Å²) >= 11 is 1.98. The average Bonchev–Trinajstić information content (AvgIpc) is 3.13. The molecule has 0 amide bonds. The van der Waals surface area contributed by atoms with Crippen molar-refractivity contribution in [3.05, 3.63) is 21.9 Å². The molecule has 1 saturated carbocycles. The molecule has 106 valence electrons. The van der Waals surface area contributed by atoms with Crippen molar-refractivity contribution in [3.63, 3.8) is 0 Å². The van der Waals surface area contributed by atoms with Gasteiger partial charge < -0.3 is 5.32 Å². The molecule has 3 rings (SSSR count). The first-order chi connectivity index (χ1) is 9.38. The number of hydrogen-bond donors (Lipinski definition) is 1. The van der Waals surface area contributed by atoms with E-state index >= 15 is 0 Å². The van der Waals surface area contributed by atoms with Crippen LogP contribution in [0.4, 0.5) is 0 Å². The number of hydrogen-bond acceptors (Lipinski definition) is 2. The molecule has 2 unspecified atom stereocenters. The molecule has 1 heterocycles. The zero-order chi connectivity index (χ0) is 13.1. The summed E-state index contributed by atoms with van der Waals surface area (Å²) in [5, 5.41) is 6.16. The second-order valence-electron chi connectivity index (χ2n) is 6.38. The van der Waals surface area contributed by atoms with E-state index in [1.54, 1.807) is 10.4 Å². The van der Waals surface area contributed by atoms with Crippen molar-refractivity contribution in [1.82, 2.24) is 5.32 Å². The van der Waals surface area contributed by atoms with Crippen molar-refractivity contribution in [1.29, 1.82) is 0 Å². The fourth-order valence-electron chi connectivity index (χ4n) is 3.54. The third-order valence-corrected chi connectivity index (χ3v) is 5.82. The largest absolute Gasteiger partial charge is 0.313 e. The van der Waals surface area contributed by atoms with Gasteiger partial charge in [-0.05, 0) is 68.0 Å². The third-order valence-electron chi connectivity index (χ3n) is 4.82. The van der Waals surface area contributed by atoms with Crippen LogP contribution in [0.15, 0.2) is 11.4 Å². The molecule has 0 spiro atoms. The van der Waals surface area contributed by atoms with Gasteiger partial charge in [0.1, 0.15) is 0 Å². The smallest absolute Gasteiger partial charge is 0.0136 e. The van der Waals surface area contributed by atoms with Gasteiger partial charge in [-0.25, -0.2) is 0 Å². The molecule has 1 N–H and O–H groups in total. The van der Waals surface area contributed by atoms with Gasteiger partial charge in [0.2, 0.25) is 0 Å². The normalized spacial score (nSPS) is 24.2. The molecule has 2 aliphatic carbocycles. The number of thiophene rings is 1. The Morgan fingerprint density at radius 3 is 3.05 bits per heavy atom. The van der Waals surface area contributed by atoms with Gasteiger partial charge in [-0.1, -0.05) is 19.8 Å². The third kappa shape index (κ3) is 3.41. The lowest BCUT2D eigenvalue weighted by Crippen LogP contribution is -2.36. The van der Waals surface area contributed by atoms with Gasteiger partial charge in [0, 0.05) is 16.8 Å². The maximum Gasteiger partial charge on any atom is 0.0136 e. The van der Waals surface area contributed by atoms with Gasteiger partial charge >= 0.3 is 0 Å². The first kappa shape index (κ1) is 13.6. The first-order valence-electron chi connectivity index (χ1n) is 8.18. The highest BCUT2D eigenvalue weighted by Crippen LogP contribution is 2.40. The van der Waals surface area contributed by atoms with Crippen molar-refractivity contribution in [2.45, 2.75) is 70.3 Å². The Balaban J connectivity index is 1.67. The van der Waals surface area contributed by atoms with Crippen LogP contribution in [0.2, 0.25) is 0 Å². The Hall–Kier alpha value is -0.340. The second kappa shape index (κ2) is 6.41. The molecule has 1 aromatic rings. The maximum absolute atomic E-state index is 3.86. The van der Waals surface area contributed by atoms with Crippen LogP contribution in [-0.4, -0.2) is 12.6 Å². The van der Waals surface area contributed by atoms with Crippen LogP contribution in [0.1, 0.15) is 68.2 Å². The molecule has 0 aromatic carbocycles. The van der Waals surface area contributed by atoms with E-state index in [9.17, 15) is 0 Å². The summed E-state index contributed by atoms with van der Waals surface area (Å²) in [7, 11) is 0. The van der Waals surface area contributed by atoms with Gasteiger partial charge in [0.15, 0.2) is 0 Å². The molecule has 1 aromatic heterocycles. The molecule has 1 fully saturated rings. The number of nitrogens with one attached hydrogen (secondary N) is 1. The van der Waals surface area contributed by atoms with Gasteiger partial charge in [0.25, 0.3) is 0 Å². The van der Waals surface area contributed by atoms with Crippen LogP contribution in [0, 0.1) is 5.92 Å². The Bertz CT molecular complexity index is 394. The number of rotatable bonds is 7. The minimum atomic E-state index is 0.731. The van der Waals surface area contributed by atoms with Crippen molar-refractivity contribution in [3.8, 4) is 0 Å². The lowest BCUT2D eigenvalue weighted by atomic mass is 9.80. The van der Waals surface area contributed by atoms with E-state index in [-0.39, 0.29) is 0 Å². The van der Waals surface area contributed by atoms with E-state index in [1.807, 2.05) is 11.3 Å². The van der Waals surface area contributed by atoms with E-state index in [0.717, 1.165) is 17.9 Å². The highest BCUT2D eigenvalue weighted by molar-refractivity contribution is 7.10. The van der Waals surface area contributed by atoms with Crippen LogP contribution in [0.3, 0.4) is 0 Å². The molecule has 0 radical (unpaired) electrons. The lowest BCUT2D eigenvalue weighted by molar-refractivity contribution is 0.362. The Morgan fingerprint density at radius 1 is 1.37 bits per heavy atom. The van der Waals surface area contributed by atoms with Gasteiger partial charge in [0.05, 0.1) is 0 Å². The Labute approximate surface area is 121 Å². The minimum absolute atomic E-state index is 0.731. The molecule has 0 bridgehead atoms. The molecular formula is C17H27NS. The lowest BCUT2D eigenvalue weighted by Gasteiger charge is -2.31. The number of fused-ring (bicyclic) bond motifs is 1. The molecule has 0 saturated heterocycles. The average molecular weight is 277 g/mol. The van der Waals surface area contributed by atoms with Crippen LogP contribution in [0.5, 0.6) is 0 Å². The van der Waals surface area contributed by atoms with E-state index < -0.39 is 0 Å². The van der Waals surface area contributed by atoms with Crippen molar-refractivity contribution >= 4 is 11.3 Å². The highest BCUT2D eigenvalue weighted by atomic mass is 32.1.